The highest BCUT2D eigenvalue weighted by atomic mass is 32.2. The molecule has 2 aliphatic carbocycles. The van der Waals surface area contributed by atoms with Gasteiger partial charge in [-0.3, -0.25) is 24.3 Å². The molecule has 7 rings (SSSR count). The number of carbonyl (C=O) groups excluding carboxylic acids is 2. The minimum Gasteiger partial charge on any atom is -0.497 e. The van der Waals surface area contributed by atoms with Crippen LogP contribution in [0.3, 0.4) is 0 Å². The molecule has 3 aromatic rings. The van der Waals surface area contributed by atoms with Gasteiger partial charge in [-0.2, -0.15) is 0 Å². The highest BCUT2D eigenvalue weighted by Gasteiger charge is 2.69. The normalized spacial score (nSPS) is 33.1. The monoisotopic (exact) mass is 491 g/mol. The molecule has 1 N–H and O–H groups in total. The second kappa shape index (κ2) is 7.29. The van der Waals surface area contributed by atoms with Crippen molar-refractivity contribution in [2.24, 2.45) is 29.6 Å². The fourth-order valence-electron chi connectivity index (χ4n) is 6.94. The second-order valence-electron chi connectivity index (χ2n) is 9.46. The van der Waals surface area contributed by atoms with Crippen molar-refractivity contribution in [2.45, 2.75) is 22.6 Å². The molecule has 2 saturated carbocycles. The largest absolute Gasteiger partial charge is 0.497 e. The van der Waals surface area contributed by atoms with E-state index in [2.05, 4.69) is 16.0 Å². The summed E-state index contributed by atoms with van der Waals surface area (Å²) in [5.74, 6) is 0.309. The fraction of sp³-hybridized carbons (Fsp3) is 0.360. The number of amides is 2. The summed E-state index contributed by atoms with van der Waals surface area (Å²) < 4.78 is 5.23. The lowest BCUT2D eigenvalue weighted by Crippen LogP contribution is -2.42. The average molecular weight is 492 g/mol. The Hall–Kier alpha value is -2.91. The van der Waals surface area contributed by atoms with Crippen molar-refractivity contribution in [3.05, 3.63) is 68.9 Å². The number of carbonyl (C=O) groups is 2. The summed E-state index contributed by atoms with van der Waals surface area (Å²) in [5.41, 5.74) is 1.68. The second-order valence-corrected chi connectivity index (χ2v) is 11.7. The van der Waals surface area contributed by atoms with Crippen molar-refractivity contribution >= 4 is 40.6 Å². The molecule has 7 nitrogen and oxygen atoms in total. The van der Waals surface area contributed by atoms with Crippen LogP contribution < -0.4 is 14.5 Å². The van der Waals surface area contributed by atoms with Gasteiger partial charge in [-0.1, -0.05) is 17.4 Å². The van der Waals surface area contributed by atoms with Gasteiger partial charge in [0.1, 0.15) is 5.75 Å². The fourth-order valence-corrected chi connectivity index (χ4v) is 9.82. The van der Waals surface area contributed by atoms with Crippen LogP contribution >= 0.6 is 23.1 Å². The first-order chi connectivity index (χ1) is 16.6. The van der Waals surface area contributed by atoms with E-state index in [1.165, 1.54) is 16.2 Å². The molecule has 172 valence electrons. The average Bonchev–Trinajstić information content (AvgIpc) is 3.58. The van der Waals surface area contributed by atoms with Crippen LogP contribution in [0, 0.1) is 29.6 Å². The van der Waals surface area contributed by atoms with Crippen LogP contribution in [-0.2, 0) is 9.59 Å². The lowest BCUT2D eigenvalue weighted by Gasteiger charge is -2.42. The van der Waals surface area contributed by atoms with E-state index < -0.39 is 0 Å². The Morgan fingerprint density at radius 3 is 2.53 bits per heavy atom. The molecular formula is C25H21N3O4S2. The van der Waals surface area contributed by atoms with Crippen molar-refractivity contribution in [3.63, 3.8) is 0 Å². The summed E-state index contributed by atoms with van der Waals surface area (Å²) in [5, 5.41) is 1.10. The van der Waals surface area contributed by atoms with E-state index in [0.717, 1.165) is 21.9 Å². The first-order valence-electron chi connectivity index (χ1n) is 11.4. The zero-order chi connectivity index (χ0) is 23.1. The van der Waals surface area contributed by atoms with Crippen molar-refractivity contribution in [1.29, 1.82) is 0 Å². The summed E-state index contributed by atoms with van der Waals surface area (Å²) >= 11 is 2.96. The van der Waals surface area contributed by atoms with Crippen LogP contribution in [0.15, 0.2) is 58.6 Å². The maximum Gasteiger partial charge on any atom is 0.305 e. The third-order valence-electron chi connectivity index (χ3n) is 8.10. The third-order valence-corrected chi connectivity index (χ3v) is 10.7. The first-order valence-corrected chi connectivity index (χ1v) is 13.1. The van der Waals surface area contributed by atoms with E-state index in [4.69, 9.17) is 4.74 Å². The van der Waals surface area contributed by atoms with Gasteiger partial charge in [-0.25, -0.2) is 0 Å². The zero-order valence-electron chi connectivity index (χ0n) is 18.2. The molecule has 0 unspecified atom stereocenters. The van der Waals surface area contributed by atoms with Gasteiger partial charge in [-0.05, 0) is 60.1 Å². The van der Waals surface area contributed by atoms with Crippen molar-refractivity contribution in [3.8, 4) is 5.75 Å². The maximum absolute atomic E-state index is 13.7. The van der Waals surface area contributed by atoms with Gasteiger partial charge in [0, 0.05) is 28.4 Å². The molecule has 0 spiro atoms. The Morgan fingerprint density at radius 2 is 1.82 bits per heavy atom. The summed E-state index contributed by atoms with van der Waals surface area (Å²) in [6.07, 6.45) is 4.50. The predicted molar refractivity (Wildman–Crippen MR) is 128 cm³/mol. The van der Waals surface area contributed by atoms with Gasteiger partial charge in [0.15, 0.2) is 0 Å². The number of hydrogen-bond acceptors (Lipinski definition) is 7. The number of pyridine rings is 1. The lowest BCUT2D eigenvalue weighted by atomic mass is 9.68. The number of hydrogen-bond donors (Lipinski definition) is 1. The number of nitrogens with zero attached hydrogens (tertiary/aromatic N) is 2. The number of thioether (sulfide) groups is 1. The highest BCUT2D eigenvalue weighted by Crippen LogP contribution is 2.68. The molecule has 3 fully saturated rings. The number of rotatable bonds is 3. The molecule has 0 radical (unpaired) electrons. The molecule has 34 heavy (non-hydrogen) atoms. The van der Waals surface area contributed by atoms with E-state index in [-0.39, 0.29) is 57.4 Å². The molecule has 1 aromatic carbocycles. The summed E-state index contributed by atoms with van der Waals surface area (Å²) in [6.45, 7) is 0. The molecule has 2 amide bonds. The molecular weight excluding hydrogens is 470 g/mol. The molecule has 2 bridgehead atoms. The summed E-state index contributed by atoms with van der Waals surface area (Å²) in [7, 11) is 1.59. The topological polar surface area (TPSA) is 92.4 Å². The molecule has 9 heteroatoms. The van der Waals surface area contributed by atoms with Gasteiger partial charge < -0.3 is 9.72 Å². The molecule has 4 heterocycles. The standard InChI is InChI=1S/C25H21N3O4S2/c1-32-13-6-4-12(5-7-13)28-23(29)18-14-9-15(19(18)24(28)30)20-17(14)16(11-3-2-8-26-10-11)21-22(33-20)27-25(31)34-21/h2-8,10,14-20H,9H2,1H3,(H,27,31)/t14-,15-,16+,17-,18+,19-,20-/m1/s1. The first kappa shape index (κ1) is 20.5. The Balaban J connectivity index is 1.30. The Bertz CT molecular complexity index is 1370. The quantitative estimate of drug-likeness (QED) is 0.564. The Labute approximate surface area is 203 Å². The van der Waals surface area contributed by atoms with E-state index in [9.17, 15) is 14.4 Å². The molecule has 2 aromatic heterocycles. The van der Waals surface area contributed by atoms with Crippen molar-refractivity contribution in [2.75, 3.05) is 12.0 Å². The maximum atomic E-state index is 13.7. The van der Waals surface area contributed by atoms with Crippen LogP contribution in [0.1, 0.15) is 22.8 Å². The van der Waals surface area contributed by atoms with Crippen LogP contribution in [0.2, 0.25) is 0 Å². The summed E-state index contributed by atoms with van der Waals surface area (Å²) in [4.78, 5) is 49.4. The number of nitrogens with one attached hydrogen (secondary N) is 1. The van der Waals surface area contributed by atoms with Crippen LogP contribution in [0.4, 0.5) is 5.69 Å². The molecule has 4 aliphatic rings. The van der Waals surface area contributed by atoms with Crippen molar-refractivity contribution < 1.29 is 14.3 Å². The number of aromatic amines is 1. The number of methoxy groups -OCH3 is 1. The van der Waals surface area contributed by atoms with E-state index in [1.807, 2.05) is 12.3 Å². The lowest BCUT2D eigenvalue weighted by molar-refractivity contribution is -0.123. The van der Waals surface area contributed by atoms with E-state index in [0.29, 0.717) is 11.4 Å². The number of H-pyrrole nitrogens is 1. The number of benzene rings is 1. The number of thiazole rings is 1. The Kier molecular flexibility index (Phi) is 4.39. The molecule has 7 atom stereocenters. The zero-order valence-corrected chi connectivity index (χ0v) is 19.8. The number of aromatic nitrogens is 2. The minimum atomic E-state index is -0.308. The van der Waals surface area contributed by atoms with Gasteiger partial charge in [-0.15, -0.1) is 11.8 Å². The van der Waals surface area contributed by atoms with Gasteiger partial charge >= 0.3 is 4.87 Å². The highest BCUT2D eigenvalue weighted by molar-refractivity contribution is 8.00. The SMILES string of the molecule is COc1ccc(N2C(=O)[C@@H]3[C@H]4C[C@@H]([C@@H]3C2=O)[C@@H]2[C@H](c3cccnc3)c3sc(=O)[nH]c3S[C@H]42)cc1. The molecule has 2 aliphatic heterocycles. The summed E-state index contributed by atoms with van der Waals surface area (Å²) in [6, 6.07) is 11.1. The number of fused-ring (bicyclic) bond motifs is 9. The Morgan fingerprint density at radius 1 is 1.06 bits per heavy atom. The van der Waals surface area contributed by atoms with Gasteiger partial charge in [0.25, 0.3) is 0 Å². The minimum absolute atomic E-state index is 0.00721. The smallest absolute Gasteiger partial charge is 0.305 e. The number of imide groups is 1. The van der Waals surface area contributed by atoms with Crippen molar-refractivity contribution in [1.82, 2.24) is 9.97 Å². The third kappa shape index (κ3) is 2.65. The predicted octanol–water partition coefficient (Wildman–Crippen LogP) is 3.52. The van der Waals surface area contributed by atoms with Crippen LogP contribution in [0.25, 0.3) is 0 Å². The van der Waals surface area contributed by atoms with Crippen LogP contribution in [-0.4, -0.2) is 34.1 Å². The van der Waals surface area contributed by atoms with Gasteiger partial charge in [0.05, 0.1) is 29.7 Å². The molecule has 1 saturated heterocycles. The van der Waals surface area contributed by atoms with Crippen LogP contribution in [0.5, 0.6) is 5.75 Å². The van der Waals surface area contributed by atoms with E-state index >= 15 is 0 Å². The van der Waals surface area contributed by atoms with Gasteiger partial charge in [0.2, 0.25) is 11.8 Å². The number of ether oxygens (including phenoxy) is 1. The number of anilines is 1. The van der Waals surface area contributed by atoms with E-state index in [1.54, 1.807) is 49.3 Å².